The van der Waals surface area contributed by atoms with E-state index < -0.39 is 30.6 Å². The number of hydrogen-bond acceptors (Lipinski definition) is 7. The first kappa shape index (κ1) is 15.9. The number of fused-ring (bicyclic) bond motifs is 2. The Morgan fingerprint density at radius 2 is 2.08 bits per heavy atom. The molecule has 0 aromatic carbocycles. The highest BCUT2D eigenvalue weighted by molar-refractivity contribution is 5.78. The SMILES string of the molecule is Cc1ncnc2c1ccn2[C@@H]1O[C@H]([C@@H]2OCc3nn(C)cc32)[C@@H](O)[C@H]1O. The van der Waals surface area contributed by atoms with Crippen LogP contribution in [0.1, 0.15) is 29.3 Å². The van der Waals surface area contributed by atoms with Crippen LogP contribution in [-0.4, -0.2) is 52.8 Å². The third kappa shape index (κ3) is 2.15. The Hall–Kier alpha value is -2.33. The van der Waals surface area contributed by atoms with Gasteiger partial charge in [0.15, 0.2) is 6.23 Å². The van der Waals surface area contributed by atoms with E-state index in [9.17, 15) is 10.2 Å². The van der Waals surface area contributed by atoms with Crippen LogP contribution in [0.25, 0.3) is 11.0 Å². The molecule has 0 unspecified atom stereocenters. The number of aliphatic hydroxyl groups excluding tert-OH is 2. The molecule has 5 atom stereocenters. The van der Waals surface area contributed by atoms with Gasteiger partial charge in [-0.05, 0) is 13.0 Å². The molecule has 3 aromatic heterocycles. The van der Waals surface area contributed by atoms with Crippen molar-refractivity contribution in [1.29, 1.82) is 0 Å². The van der Waals surface area contributed by atoms with E-state index in [1.165, 1.54) is 6.33 Å². The fourth-order valence-corrected chi connectivity index (χ4v) is 3.90. The van der Waals surface area contributed by atoms with Gasteiger partial charge in [-0.15, -0.1) is 0 Å². The van der Waals surface area contributed by atoms with Gasteiger partial charge in [0.1, 0.15) is 36.4 Å². The molecule has 0 amide bonds. The summed E-state index contributed by atoms with van der Waals surface area (Å²) in [6.07, 6.45) is 1.03. The zero-order valence-corrected chi connectivity index (χ0v) is 14.4. The summed E-state index contributed by atoms with van der Waals surface area (Å²) in [6.45, 7) is 2.27. The molecule has 5 heterocycles. The summed E-state index contributed by atoms with van der Waals surface area (Å²) in [5.41, 5.74) is 3.22. The van der Waals surface area contributed by atoms with Crippen molar-refractivity contribution >= 4 is 11.0 Å². The van der Waals surface area contributed by atoms with Crippen LogP contribution < -0.4 is 0 Å². The Morgan fingerprint density at radius 3 is 2.92 bits per heavy atom. The van der Waals surface area contributed by atoms with Crippen molar-refractivity contribution in [2.75, 3.05) is 0 Å². The molecule has 2 N–H and O–H groups in total. The molecular formula is C17H19N5O4. The second kappa shape index (κ2) is 5.58. The molecule has 2 aliphatic rings. The summed E-state index contributed by atoms with van der Waals surface area (Å²) in [7, 11) is 1.84. The first-order valence-corrected chi connectivity index (χ1v) is 8.48. The zero-order chi connectivity index (χ0) is 18.0. The molecule has 26 heavy (non-hydrogen) atoms. The molecule has 1 saturated heterocycles. The summed E-state index contributed by atoms with van der Waals surface area (Å²) in [5.74, 6) is 0. The van der Waals surface area contributed by atoms with E-state index in [4.69, 9.17) is 9.47 Å². The fraction of sp³-hybridized carbons (Fsp3) is 0.471. The topological polar surface area (TPSA) is 107 Å². The van der Waals surface area contributed by atoms with Gasteiger partial charge in [-0.3, -0.25) is 4.68 Å². The monoisotopic (exact) mass is 357 g/mol. The van der Waals surface area contributed by atoms with E-state index in [0.29, 0.717) is 12.3 Å². The number of aromatic nitrogens is 5. The summed E-state index contributed by atoms with van der Waals surface area (Å²) < 4.78 is 15.3. The van der Waals surface area contributed by atoms with E-state index in [1.807, 2.05) is 26.2 Å². The van der Waals surface area contributed by atoms with Crippen LogP contribution >= 0.6 is 0 Å². The molecular weight excluding hydrogens is 338 g/mol. The van der Waals surface area contributed by atoms with Crippen molar-refractivity contribution in [1.82, 2.24) is 24.3 Å². The minimum absolute atomic E-state index is 0.368. The van der Waals surface area contributed by atoms with E-state index >= 15 is 0 Å². The predicted molar refractivity (Wildman–Crippen MR) is 88.9 cm³/mol. The molecule has 5 rings (SSSR count). The quantitative estimate of drug-likeness (QED) is 0.682. The summed E-state index contributed by atoms with van der Waals surface area (Å²) in [5, 5.41) is 26.5. The van der Waals surface area contributed by atoms with Gasteiger partial charge in [-0.2, -0.15) is 5.10 Å². The lowest BCUT2D eigenvalue weighted by molar-refractivity contribution is -0.104. The van der Waals surface area contributed by atoms with Gasteiger partial charge in [0.2, 0.25) is 0 Å². The molecule has 0 radical (unpaired) electrons. The van der Waals surface area contributed by atoms with Gasteiger partial charge in [-0.25, -0.2) is 9.97 Å². The number of aliphatic hydroxyl groups is 2. The Balaban J connectivity index is 1.50. The molecule has 0 bridgehead atoms. The minimum Gasteiger partial charge on any atom is -0.387 e. The van der Waals surface area contributed by atoms with Crippen LogP contribution in [0, 0.1) is 6.92 Å². The first-order valence-electron chi connectivity index (χ1n) is 8.48. The Kier molecular flexibility index (Phi) is 3.41. The lowest BCUT2D eigenvalue weighted by Gasteiger charge is -2.21. The van der Waals surface area contributed by atoms with E-state index in [0.717, 1.165) is 22.3 Å². The third-order valence-corrected chi connectivity index (χ3v) is 5.20. The fourth-order valence-electron chi connectivity index (χ4n) is 3.90. The van der Waals surface area contributed by atoms with Crippen molar-refractivity contribution in [2.24, 2.45) is 7.05 Å². The molecule has 9 heteroatoms. The van der Waals surface area contributed by atoms with Gasteiger partial charge in [0, 0.05) is 30.4 Å². The molecule has 2 aliphatic heterocycles. The molecule has 1 fully saturated rings. The van der Waals surface area contributed by atoms with Crippen molar-refractivity contribution in [3.05, 3.63) is 41.7 Å². The van der Waals surface area contributed by atoms with Crippen LogP contribution in [-0.2, 0) is 23.1 Å². The van der Waals surface area contributed by atoms with Gasteiger partial charge in [-0.1, -0.05) is 0 Å². The standard InChI is InChI=1S/C17H19N5O4/c1-8-9-3-4-22(16(9)19-7-18-8)17-13(24)12(23)15(26-17)14-10-5-21(2)20-11(10)6-25-14/h3-5,7,12-15,17,23-24H,6H2,1-2H3/t12-,13+,14+,15-,17+/m0/s1. The highest BCUT2D eigenvalue weighted by Gasteiger charge is 2.50. The number of aryl methyl sites for hydroxylation is 2. The maximum absolute atomic E-state index is 10.6. The summed E-state index contributed by atoms with van der Waals surface area (Å²) in [6, 6.07) is 1.88. The maximum Gasteiger partial charge on any atom is 0.164 e. The predicted octanol–water partition coefficient (Wildman–Crippen LogP) is 0.364. The number of nitrogens with zero attached hydrogens (tertiary/aromatic N) is 5. The van der Waals surface area contributed by atoms with E-state index in [2.05, 4.69) is 15.1 Å². The zero-order valence-electron chi connectivity index (χ0n) is 14.4. The second-order valence-electron chi connectivity index (χ2n) is 6.83. The smallest absolute Gasteiger partial charge is 0.164 e. The molecule has 0 saturated carbocycles. The maximum atomic E-state index is 10.6. The Bertz CT molecular complexity index is 983. The molecule has 3 aromatic rings. The third-order valence-electron chi connectivity index (χ3n) is 5.20. The molecule has 9 nitrogen and oxygen atoms in total. The van der Waals surface area contributed by atoms with Crippen molar-refractivity contribution < 1.29 is 19.7 Å². The number of ether oxygens (including phenoxy) is 2. The highest BCUT2D eigenvalue weighted by Crippen LogP contribution is 2.42. The van der Waals surface area contributed by atoms with Crippen LogP contribution in [0.2, 0.25) is 0 Å². The minimum atomic E-state index is -1.10. The van der Waals surface area contributed by atoms with E-state index in [-0.39, 0.29) is 0 Å². The largest absolute Gasteiger partial charge is 0.387 e. The second-order valence-corrected chi connectivity index (χ2v) is 6.83. The van der Waals surface area contributed by atoms with Crippen molar-refractivity contribution in [3.8, 4) is 0 Å². The average molecular weight is 357 g/mol. The normalized spacial score (nSPS) is 31.0. The van der Waals surface area contributed by atoms with Crippen molar-refractivity contribution in [3.63, 3.8) is 0 Å². The summed E-state index contributed by atoms with van der Waals surface area (Å²) >= 11 is 0. The van der Waals surface area contributed by atoms with Crippen LogP contribution in [0.5, 0.6) is 0 Å². The molecule has 0 aliphatic carbocycles. The Morgan fingerprint density at radius 1 is 1.23 bits per heavy atom. The lowest BCUT2D eigenvalue weighted by Crippen LogP contribution is -2.34. The molecule has 136 valence electrons. The van der Waals surface area contributed by atoms with Crippen LogP contribution in [0.4, 0.5) is 0 Å². The van der Waals surface area contributed by atoms with Gasteiger partial charge >= 0.3 is 0 Å². The van der Waals surface area contributed by atoms with Crippen LogP contribution in [0.15, 0.2) is 24.8 Å². The van der Waals surface area contributed by atoms with Crippen LogP contribution in [0.3, 0.4) is 0 Å². The first-order chi connectivity index (χ1) is 12.5. The van der Waals surface area contributed by atoms with Gasteiger partial charge in [0.05, 0.1) is 18.0 Å². The Labute approximate surface area is 148 Å². The van der Waals surface area contributed by atoms with Gasteiger partial charge < -0.3 is 24.3 Å². The summed E-state index contributed by atoms with van der Waals surface area (Å²) in [4.78, 5) is 8.48. The lowest BCUT2D eigenvalue weighted by atomic mass is 10.0. The number of rotatable bonds is 2. The van der Waals surface area contributed by atoms with Gasteiger partial charge in [0.25, 0.3) is 0 Å². The highest BCUT2D eigenvalue weighted by atomic mass is 16.6. The average Bonchev–Trinajstić information content (AvgIpc) is 3.34. The van der Waals surface area contributed by atoms with E-state index in [1.54, 1.807) is 15.4 Å². The number of hydrogen-bond donors (Lipinski definition) is 2. The van der Waals surface area contributed by atoms with Crippen molar-refractivity contribution in [2.45, 2.75) is 44.2 Å². The molecule has 0 spiro atoms.